The molecule has 1 saturated heterocycles. The van der Waals surface area contributed by atoms with Gasteiger partial charge in [-0.2, -0.15) is 0 Å². The highest BCUT2D eigenvalue weighted by molar-refractivity contribution is 7.15. The van der Waals surface area contributed by atoms with Crippen LogP contribution in [0.15, 0.2) is 12.4 Å². The number of nitrogens with two attached hydrogens (primary N) is 1. The van der Waals surface area contributed by atoms with Gasteiger partial charge >= 0.3 is 0 Å². The molecular weight excluding hydrogens is 290 g/mol. The van der Waals surface area contributed by atoms with Crippen molar-refractivity contribution in [2.75, 3.05) is 31.9 Å². The van der Waals surface area contributed by atoms with E-state index in [2.05, 4.69) is 26.7 Å². The summed E-state index contributed by atoms with van der Waals surface area (Å²) in [5.74, 6) is 0. The maximum atomic E-state index is 5.67. The maximum absolute atomic E-state index is 5.67. The molecule has 0 atom stereocenters. The second kappa shape index (κ2) is 6.17. The average Bonchev–Trinajstić information content (AvgIpc) is 3.01. The summed E-state index contributed by atoms with van der Waals surface area (Å²) in [6.07, 6.45) is 3.90. The van der Waals surface area contributed by atoms with Gasteiger partial charge in [0.15, 0.2) is 5.13 Å². The summed E-state index contributed by atoms with van der Waals surface area (Å²) in [7, 11) is 0. The Bertz CT molecular complexity index is 506. The normalized spacial score (nSPS) is 17.6. The second-order valence-electron chi connectivity index (χ2n) is 5.06. The number of nitrogen functional groups attached to an aromatic ring is 1. The van der Waals surface area contributed by atoms with Crippen molar-refractivity contribution >= 4 is 27.8 Å². The van der Waals surface area contributed by atoms with Crippen molar-refractivity contribution in [1.29, 1.82) is 0 Å². The molecule has 0 aromatic carbocycles. The molecule has 2 aromatic heterocycles. The zero-order chi connectivity index (χ0) is 13.9. The Hall–Kier alpha value is -1.02. The summed E-state index contributed by atoms with van der Waals surface area (Å²) in [6, 6.07) is 0. The van der Waals surface area contributed by atoms with E-state index in [0.717, 1.165) is 44.3 Å². The van der Waals surface area contributed by atoms with Gasteiger partial charge < -0.3 is 5.73 Å². The van der Waals surface area contributed by atoms with Crippen molar-refractivity contribution in [3.8, 4) is 0 Å². The molecule has 1 aliphatic heterocycles. The van der Waals surface area contributed by atoms with Gasteiger partial charge in [0.25, 0.3) is 0 Å². The van der Waals surface area contributed by atoms with Crippen LogP contribution in [0.5, 0.6) is 0 Å². The van der Waals surface area contributed by atoms with Gasteiger partial charge in [-0.15, -0.1) is 22.7 Å². The molecule has 3 rings (SSSR count). The van der Waals surface area contributed by atoms with E-state index in [-0.39, 0.29) is 0 Å². The summed E-state index contributed by atoms with van der Waals surface area (Å²) in [5.41, 5.74) is 5.67. The van der Waals surface area contributed by atoms with Crippen LogP contribution >= 0.6 is 22.7 Å². The zero-order valence-corrected chi connectivity index (χ0v) is 13.2. The van der Waals surface area contributed by atoms with Gasteiger partial charge in [0.05, 0.1) is 5.01 Å². The molecule has 2 N–H and O–H groups in total. The Labute approximate surface area is 127 Å². The largest absolute Gasteiger partial charge is 0.375 e. The van der Waals surface area contributed by atoms with E-state index >= 15 is 0 Å². The number of nitrogens with zero attached hydrogens (tertiary/aromatic N) is 4. The third-order valence-corrected chi connectivity index (χ3v) is 5.17. The average molecular weight is 309 g/mol. The Balaban J connectivity index is 1.47. The third-order valence-electron chi connectivity index (χ3n) is 3.46. The van der Waals surface area contributed by atoms with Crippen LogP contribution in [0.3, 0.4) is 0 Å². The summed E-state index contributed by atoms with van der Waals surface area (Å²) in [5, 5.41) is 1.82. The third kappa shape index (κ3) is 3.54. The van der Waals surface area contributed by atoms with Crippen molar-refractivity contribution < 1.29 is 0 Å². The van der Waals surface area contributed by atoms with Crippen LogP contribution in [0, 0.1) is 6.92 Å². The van der Waals surface area contributed by atoms with Gasteiger partial charge in [0.1, 0.15) is 0 Å². The van der Waals surface area contributed by atoms with E-state index < -0.39 is 0 Å². The maximum Gasteiger partial charge on any atom is 0.180 e. The SMILES string of the molecule is Cc1ncc(CN2CCN(Cc3cnc(N)s3)CC2)s1. The number of thiazole rings is 2. The van der Waals surface area contributed by atoms with Crippen LogP contribution in [0.4, 0.5) is 5.13 Å². The molecule has 3 heterocycles. The fourth-order valence-electron chi connectivity index (χ4n) is 2.42. The number of piperazine rings is 1. The highest BCUT2D eigenvalue weighted by Gasteiger charge is 2.18. The molecule has 2 aromatic rings. The first-order valence-corrected chi connectivity index (χ1v) is 8.38. The minimum absolute atomic E-state index is 0.666. The minimum atomic E-state index is 0.666. The zero-order valence-electron chi connectivity index (χ0n) is 11.6. The van der Waals surface area contributed by atoms with Crippen molar-refractivity contribution in [2.45, 2.75) is 20.0 Å². The minimum Gasteiger partial charge on any atom is -0.375 e. The van der Waals surface area contributed by atoms with E-state index in [9.17, 15) is 0 Å². The number of hydrogen-bond acceptors (Lipinski definition) is 7. The number of hydrogen-bond donors (Lipinski definition) is 1. The smallest absolute Gasteiger partial charge is 0.180 e. The van der Waals surface area contributed by atoms with Crippen LogP contribution < -0.4 is 5.73 Å². The number of aromatic nitrogens is 2. The second-order valence-corrected chi connectivity index (χ2v) is 7.53. The van der Waals surface area contributed by atoms with Gasteiger partial charge in [0.2, 0.25) is 0 Å². The lowest BCUT2D eigenvalue weighted by Crippen LogP contribution is -2.45. The lowest BCUT2D eigenvalue weighted by Gasteiger charge is -2.34. The molecule has 0 bridgehead atoms. The predicted molar refractivity (Wildman–Crippen MR) is 83.9 cm³/mol. The van der Waals surface area contributed by atoms with E-state index in [1.807, 2.05) is 12.4 Å². The fraction of sp³-hybridized carbons (Fsp3) is 0.538. The van der Waals surface area contributed by atoms with Crippen molar-refractivity contribution in [3.63, 3.8) is 0 Å². The predicted octanol–water partition coefficient (Wildman–Crippen LogP) is 1.81. The highest BCUT2D eigenvalue weighted by atomic mass is 32.1. The van der Waals surface area contributed by atoms with E-state index in [1.54, 1.807) is 22.7 Å². The molecule has 0 spiro atoms. The molecule has 108 valence electrons. The monoisotopic (exact) mass is 309 g/mol. The molecule has 1 aliphatic rings. The quantitative estimate of drug-likeness (QED) is 0.933. The Morgan fingerprint density at radius 1 is 1.00 bits per heavy atom. The van der Waals surface area contributed by atoms with Crippen LogP contribution in [-0.4, -0.2) is 45.9 Å². The molecule has 0 unspecified atom stereocenters. The summed E-state index contributed by atoms with van der Waals surface area (Å²) in [4.78, 5) is 16.0. The molecule has 0 saturated carbocycles. The lowest BCUT2D eigenvalue weighted by molar-refractivity contribution is 0.123. The number of rotatable bonds is 4. The van der Waals surface area contributed by atoms with E-state index in [1.165, 1.54) is 9.75 Å². The van der Waals surface area contributed by atoms with Crippen molar-refractivity contribution in [2.24, 2.45) is 0 Å². The molecular formula is C13H19N5S2. The molecule has 20 heavy (non-hydrogen) atoms. The van der Waals surface area contributed by atoms with Gasteiger partial charge in [-0.3, -0.25) is 9.80 Å². The topological polar surface area (TPSA) is 58.3 Å². The van der Waals surface area contributed by atoms with Crippen molar-refractivity contribution in [3.05, 3.63) is 27.2 Å². The fourth-order valence-corrected chi connectivity index (χ4v) is 3.98. The first kappa shape index (κ1) is 13.9. The van der Waals surface area contributed by atoms with E-state index in [4.69, 9.17) is 5.73 Å². The first-order valence-electron chi connectivity index (χ1n) is 6.75. The molecule has 0 aliphatic carbocycles. The molecule has 0 amide bonds. The van der Waals surface area contributed by atoms with Gasteiger partial charge in [0, 0.05) is 61.4 Å². The van der Waals surface area contributed by atoms with E-state index in [0.29, 0.717) is 5.13 Å². The summed E-state index contributed by atoms with van der Waals surface area (Å²) >= 11 is 3.39. The summed E-state index contributed by atoms with van der Waals surface area (Å²) < 4.78 is 0. The van der Waals surface area contributed by atoms with Crippen LogP contribution in [0.2, 0.25) is 0 Å². The summed E-state index contributed by atoms with van der Waals surface area (Å²) in [6.45, 7) is 8.52. The lowest BCUT2D eigenvalue weighted by atomic mass is 10.3. The Morgan fingerprint density at radius 3 is 2.00 bits per heavy atom. The van der Waals surface area contributed by atoms with Crippen LogP contribution in [0.25, 0.3) is 0 Å². The molecule has 0 radical (unpaired) electrons. The molecule has 5 nitrogen and oxygen atoms in total. The first-order chi connectivity index (χ1) is 9.69. The van der Waals surface area contributed by atoms with Crippen molar-refractivity contribution in [1.82, 2.24) is 19.8 Å². The Morgan fingerprint density at radius 2 is 1.55 bits per heavy atom. The highest BCUT2D eigenvalue weighted by Crippen LogP contribution is 2.19. The van der Waals surface area contributed by atoms with Crippen LogP contribution in [0.1, 0.15) is 14.8 Å². The number of aryl methyl sites for hydroxylation is 1. The van der Waals surface area contributed by atoms with Gasteiger partial charge in [-0.25, -0.2) is 9.97 Å². The van der Waals surface area contributed by atoms with Gasteiger partial charge in [-0.05, 0) is 6.92 Å². The van der Waals surface area contributed by atoms with Gasteiger partial charge in [-0.1, -0.05) is 0 Å². The molecule has 1 fully saturated rings. The van der Waals surface area contributed by atoms with Crippen LogP contribution in [-0.2, 0) is 13.1 Å². The number of anilines is 1. The Kier molecular flexibility index (Phi) is 4.30. The standard InChI is InChI=1S/C13H19N5S2/c1-10-15-6-11(19-10)8-17-2-4-18(5-3-17)9-12-7-16-13(14)20-12/h6-7H,2-5,8-9H2,1H3,(H2,14,16). The molecule has 7 heteroatoms.